The Bertz CT molecular complexity index is 566. The quantitative estimate of drug-likeness (QED) is 0.781. The average Bonchev–Trinajstić information content (AvgIpc) is 2.94. The van der Waals surface area contributed by atoms with Gasteiger partial charge in [-0.1, -0.05) is 28.1 Å². The maximum Gasteiger partial charge on any atom is 0.261 e. The summed E-state index contributed by atoms with van der Waals surface area (Å²) < 4.78 is 1.06. The molecule has 0 aliphatic rings. The number of amides is 1. The highest BCUT2D eigenvalue weighted by atomic mass is 79.9. The minimum absolute atomic E-state index is 0.00876. The monoisotopic (exact) mass is 352 g/mol. The van der Waals surface area contributed by atoms with Gasteiger partial charge in [0.1, 0.15) is 0 Å². The molecule has 0 fully saturated rings. The summed E-state index contributed by atoms with van der Waals surface area (Å²) in [5.41, 5.74) is 1.13. The van der Waals surface area contributed by atoms with Gasteiger partial charge < -0.3 is 10.6 Å². The molecular weight excluding hydrogens is 336 g/mol. The summed E-state index contributed by atoms with van der Waals surface area (Å²) in [7, 11) is 1.91. The molecule has 1 amide bonds. The highest BCUT2D eigenvalue weighted by Crippen LogP contribution is 2.29. The zero-order chi connectivity index (χ0) is 14.4. The van der Waals surface area contributed by atoms with Crippen molar-refractivity contribution in [2.45, 2.75) is 6.42 Å². The SMILES string of the molecule is CNCCCNC(=O)c1ccc(-c2ccc(Br)cc2)s1. The van der Waals surface area contributed by atoms with Crippen molar-refractivity contribution in [1.82, 2.24) is 10.6 Å². The second-order valence-corrected chi connectivity index (χ2v) is 6.38. The molecule has 0 saturated heterocycles. The Hall–Kier alpha value is -1.17. The van der Waals surface area contributed by atoms with E-state index in [1.165, 1.54) is 11.3 Å². The van der Waals surface area contributed by atoms with Crippen molar-refractivity contribution in [2.75, 3.05) is 20.1 Å². The van der Waals surface area contributed by atoms with E-state index in [1.54, 1.807) is 0 Å². The second kappa shape index (κ2) is 7.57. The summed E-state index contributed by atoms with van der Waals surface area (Å²) in [5, 5.41) is 5.99. The van der Waals surface area contributed by atoms with E-state index in [-0.39, 0.29) is 5.91 Å². The van der Waals surface area contributed by atoms with Gasteiger partial charge in [-0.3, -0.25) is 4.79 Å². The fourth-order valence-electron chi connectivity index (χ4n) is 1.78. The third-order valence-corrected chi connectivity index (χ3v) is 4.51. The molecule has 5 heteroatoms. The molecule has 0 bridgehead atoms. The van der Waals surface area contributed by atoms with Crippen LogP contribution in [0, 0.1) is 0 Å². The van der Waals surface area contributed by atoms with Gasteiger partial charge in [0.15, 0.2) is 0 Å². The molecule has 106 valence electrons. The Morgan fingerprint density at radius 1 is 1.15 bits per heavy atom. The van der Waals surface area contributed by atoms with E-state index < -0.39 is 0 Å². The van der Waals surface area contributed by atoms with Crippen LogP contribution in [-0.4, -0.2) is 26.0 Å². The van der Waals surface area contributed by atoms with Crippen molar-refractivity contribution in [3.8, 4) is 10.4 Å². The first-order chi connectivity index (χ1) is 9.70. The van der Waals surface area contributed by atoms with Crippen molar-refractivity contribution in [3.05, 3.63) is 45.7 Å². The number of nitrogens with one attached hydrogen (secondary N) is 2. The lowest BCUT2D eigenvalue weighted by Gasteiger charge is -2.02. The number of rotatable bonds is 6. The molecule has 20 heavy (non-hydrogen) atoms. The second-order valence-electron chi connectivity index (χ2n) is 4.38. The Kier molecular flexibility index (Phi) is 5.76. The van der Waals surface area contributed by atoms with Crippen LogP contribution in [0.5, 0.6) is 0 Å². The van der Waals surface area contributed by atoms with Crippen LogP contribution in [0.2, 0.25) is 0 Å². The normalized spacial score (nSPS) is 10.5. The first-order valence-corrected chi connectivity index (χ1v) is 8.10. The first-order valence-electron chi connectivity index (χ1n) is 6.49. The van der Waals surface area contributed by atoms with Gasteiger partial charge >= 0.3 is 0 Å². The predicted molar refractivity (Wildman–Crippen MR) is 88.3 cm³/mol. The van der Waals surface area contributed by atoms with Crippen molar-refractivity contribution in [2.24, 2.45) is 0 Å². The molecule has 2 rings (SSSR count). The molecule has 0 radical (unpaired) electrons. The first kappa shape index (κ1) is 15.2. The maximum absolute atomic E-state index is 12.0. The van der Waals surface area contributed by atoms with Crippen LogP contribution in [0.15, 0.2) is 40.9 Å². The number of halogens is 1. The summed E-state index contributed by atoms with van der Waals surface area (Å²) in [5.74, 6) is 0.00876. The topological polar surface area (TPSA) is 41.1 Å². The summed E-state index contributed by atoms with van der Waals surface area (Å²) >= 11 is 4.94. The van der Waals surface area contributed by atoms with Gasteiger partial charge in [0.2, 0.25) is 0 Å². The lowest BCUT2D eigenvalue weighted by atomic mass is 10.2. The molecule has 3 nitrogen and oxygen atoms in total. The molecule has 1 aromatic carbocycles. The summed E-state index contributed by atoms with van der Waals surface area (Å²) in [6.45, 7) is 1.61. The van der Waals surface area contributed by atoms with Gasteiger partial charge in [-0.25, -0.2) is 0 Å². The molecule has 0 saturated carbocycles. The number of carbonyl (C=O) groups excluding carboxylic acids is 1. The maximum atomic E-state index is 12.0. The fraction of sp³-hybridized carbons (Fsp3) is 0.267. The van der Waals surface area contributed by atoms with Crippen LogP contribution >= 0.6 is 27.3 Å². The van der Waals surface area contributed by atoms with Gasteiger partial charge in [-0.2, -0.15) is 0 Å². The highest BCUT2D eigenvalue weighted by Gasteiger charge is 2.09. The third kappa shape index (κ3) is 4.16. The number of hydrogen-bond acceptors (Lipinski definition) is 3. The van der Waals surface area contributed by atoms with E-state index in [0.717, 1.165) is 32.8 Å². The summed E-state index contributed by atoms with van der Waals surface area (Å²) in [6, 6.07) is 12.0. The molecule has 1 aromatic heterocycles. The van der Waals surface area contributed by atoms with Crippen LogP contribution in [0.4, 0.5) is 0 Å². The zero-order valence-electron chi connectivity index (χ0n) is 11.3. The van der Waals surface area contributed by atoms with Crippen molar-refractivity contribution in [3.63, 3.8) is 0 Å². The fourth-order valence-corrected chi connectivity index (χ4v) is 2.98. The molecule has 0 aliphatic carbocycles. The van der Waals surface area contributed by atoms with E-state index in [9.17, 15) is 4.79 Å². The van der Waals surface area contributed by atoms with E-state index in [0.29, 0.717) is 6.54 Å². The van der Waals surface area contributed by atoms with E-state index in [4.69, 9.17) is 0 Å². The molecule has 1 heterocycles. The Balaban J connectivity index is 1.98. The Morgan fingerprint density at radius 2 is 1.90 bits per heavy atom. The molecule has 0 aliphatic heterocycles. The molecule has 2 N–H and O–H groups in total. The minimum Gasteiger partial charge on any atom is -0.351 e. The van der Waals surface area contributed by atoms with Gasteiger partial charge in [0.25, 0.3) is 5.91 Å². The van der Waals surface area contributed by atoms with E-state index >= 15 is 0 Å². The third-order valence-electron chi connectivity index (χ3n) is 2.85. The average molecular weight is 353 g/mol. The molecule has 0 unspecified atom stereocenters. The number of hydrogen-bond donors (Lipinski definition) is 2. The number of thiophene rings is 1. The summed E-state index contributed by atoms with van der Waals surface area (Å²) in [6.07, 6.45) is 0.938. The van der Waals surface area contributed by atoms with Crippen molar-refractivity contribution >= 4 is 33.2 Å². The van der Waals surface area contributed by atoms with Gasteiger partial charge in [0.05, 0.1) is 4.88 Å². The molecule has 0 atom stereocenters. The van der Waals surface area contributed by atoms with Gasteiger partial charge in [-0.05, 0) is 49.8 Å². The number of carbonyl (C=O) groups is 1. The van der Waals surface area contributed by atoms with Gasteiger partial charge in [-0.15, -0.1) is 11.3 Å². The lowest BCUT2D eigenvalue weighted by molar-refractivity contribution is 0.0957. The lowest BCUT2D eigenvalue weighted by Crippen LogP contribution is -2.25. The molecule has 2 aromatic rings. The van der Waals surface area contributed by atoms with Crippen LogP contribution in [0.1, 0.15) is 16.1 Å². The Labute approximate surface area is 131 Å². The van der Waals surface area contributed by atoms with Crippen LogP contribution in [-0.2, 0) is 0 Å². The summed E-state index contributed by atoms with van der Waals surface area (Å²) in [4.78, 5) is 13.8. The number of benzene rings is 1. The molecular formula is C15H17BrN2OS. The predicted octanol–water partition coefficient (Wildman–Crippen LogP) is 3.52. The van der Waals surface area contributed by atoms with Crippen molar-refractivity contribution in [1.29, 1.82) is 0 Å². The van der Waals surface area contributed by atoms with Crippen LogP contribution in [0.25, 0.3) is 10.4 Å². The largest absolute Gasteiger partial charge is 0.351 e. The highest BCUT2D eigenvalue weighted by molar-refractivity contribution is 9.10. The smallest absolute Gasteiger partial charge is 0.261 e. The van der Waals surface area contributed by atoms with E-state index in [2.05, 4.69) is 26.6 Å². The van der Waals surface area contributed by atoms with Crippen LogP contribution < -0.4 is 10.6 Å². The van der Waals surface area contributed by atoms with E-state index in [1.807, 2.05) is 43.4 Å². The van der Waals surface area contributed by atoms with Gasteiger partial charge in [0, 0.05) is 15.9 Å². The zero-order valence-corrected chi connectivity index (χ0v) is 13.7. The molecule has 0 spiro atoms. The van der Waals surface area contributed by atoms with Crippen LogP contribution in [0.3, 0.4) is 0 Å². The Morgan fingerprint density at radius 3 is 2.60 bits per heavy atom. The standard InChI is InChI=1S/C15H17BrN2OS/c1-17-9-2-10-18-15(19)14-8-7-13(20-14)11-3-5-12(16)6-4-11/h3-8,17H,2,9-10H2,1H3,(H,18,19). The van der Waals surface area contributed by atoms with Crippen molar-refractivity contribution < 1.29 is 4.79 Å². The minimum atomic E-state index is 0.00876.